The topological polar surface area (TPSA) is 6.48 Å². The average molecular weight is 262 g/mol. The summed E-state index contributed by atoms with van der Waals surface area (Å²) in [7, 11) is 0. The van der Waals surface area contributed by atoms with Crippen LogP contribution in [0.3, 0.4) is 0 Å². The van der Waals surface area contributed by atoms with Crippen LogP contribution in [0.5, 0.6) is 0 Å². The summed E-state index contributed by atoms with van der Waals surface area (Å²) in [4.78, 5) is 5.79. The second kappa shape index (κ2) is 4.21. The average Bonchev–Trinajstić information content (AvgIpc) is 2.41. The summed E-state index contributed by atoms with van der Waals surface area (Å²) in [6.45, 7) is 10.7. The molecule has 19 heavy (non-hydrogen) atoms. The fraction of sp³-hybridized carbons (Fsp3) is 1.00. The van der Waals surface area contributed by atoms with Gasteiger partial charge in [-0.3, -0.25) is 9.80 Å². The Kier molecular flexibility index (Phi) is 2.80. The third-order valence-corrected chi connectivity index (χ3v) is 7.38. The second-order valence-corrected chi connectivity index (χ2v) is 8.15. The van der Waals surface area contributed by atoms with Gasteiger partial charge in [0.1, 0.15) is 0 Å². The first-order valence-corrected chi connectivity index (χ1v) is 8.63. The molecule has 0 N–H and O–H groups in total. The zero-order valence-corrected chi connectivity index (χ0v) is 12.8. The summed E-state index contributed by atoms with van der Waals surface area (Å²) in [5.74, 6) is 1.88. The van der Waals surface area contributed by atoms with Gasteiger partial charge in [0.05, 0.1) is 0 Å². The smallest absolute Gasteiger partial charge is 0.0222 e. The van der Waals surface area contributed by atoms with Crippen LogP contribution < -0.4 is 0 Å². The Morgan fingerprint density at radius 2 is 1.21 bits per heavy atom. The molecular weight excluding hydrogens is 232 g/mol. The summed E-state index contributed by atoms with van der Waals surface area (Å²) in [6, 6.07) is 0. The first kappa shape index (κ1) is 12.6. The molecule has 4 fully saturated rings. The molecule has 2 nitrogen and oxygen atoms in total. The Labute approximate surface area is 118 Å². The molecule has 108 valence electrons. The number of hydrogen-bond acceptors (Lipinski definition) is 2. The van der Waals surface area contributed by atoms with E-state index in [2.05, 4.69) is 23.6 Å². The maximum Gasteiger partial charge on any atom is 0.0222 e. The Morgan fingerprint density at radius 3 is 1.68 bits per heavy atom. The van der Waals surface area contributed by atoms with Gasteiger partial charge in [0, 0.05) is 24.2 Å². The molecule has 4 saturated heterocycles. The fourth-order valence-corrected chi connectivity index (χ4v) is 5.85. The van der Waals surface area contributed by atoms with Gasteiger partial charge in [0.25, 0.3) is 0 Å². The van der Waals surface area contributed by atoms with Crippen molar-refractivity contribution in [3.63, 3.8) is 0 Å². The van der Waals surface area contributed by atoms with Crippen molar-refractivity contribution in [1.29, 1.82) is 0 Å². The van der Waals surface area contributed by atoms with E-state index in [1.807, 2.05) is 0 Å². The predicted octanol–water partition coefficient (Wildman–Crippen LogP) is 3.13. The second-order valence-electron chi connectivity index (χ2n) is 8.15. The van der Waals surface area contributed by atoms with E-state index in [0.717, 1.165) is 11.8 Å². The van der Waals surface area contributed by atoms with Crippen LogP contribution in [0.25, 0.3) is 0 Å². The van der Waals surface area contributed by atoms with Crippen LogP contribution in [0, 0.1) is 11.8 Å². The first-order chi connectivity index (χ1) is 9.13. The number of rotatable bonds is 0. The molecule has 0 aromatic carbocycles. The van der Waals surface area contributed by atoms with Gasteiger partial charge in [-0.05, 0) is 70.9 Å². The van der Waals surface area contributed by atoms with Gasteiger partial charge in [0.2, 0.25) is 0 Å². The summed E-state index contributed by atoms with van der Waals surface area (Å²) >= 11 is 0. The van der Waals surface area contributed by atoms with Crippen molar-refractivity contribution >= 4 is 0 Å². The molecule has 4 aliphatic rings. The van der Waals surface area contributed by atoms with Gasteiger partial charge in [-0.2, -0.15) is 0 Å². The van der Waals surface area contributed by atoms with Crippen LogP contribution in [-0.4, -0.2) is 47.1 Å². The van der Waals surface area contributed by atoms with Crippen LogP contribution in [0.1, 0.15) is 58.8 Å². The van der Waals surface area contributed by atoms with E-state index in [9.17, 15) is 0 Å². The number of fused-ring (bicyclic) bond motifs is 6. The van der Waals surface area contributed by atoms with Gasteiger partial charge in [-0.1, -0.05) is 12.8 Å². The van der Waals surface area contributed by atoms with E-state index in [0.29, 0.717) is 11.1 Å². The summed E-state index contributed by atoms with van der Waals surface area (Å²) < 4.78 is 0. The molecule has 4 heterocycles. The molecule has 0 aliphatic carbocycles. The minimum Gasteiger partial charge on any atom is -0.297 e. The fourth-order valence-electron chi connectivity index (χ4n) is 5.85. The van der Waals surface area contributed by atoms with E-state index in [4.69, 9.17) is 0 Å². The van der Waals surface area contributed by atoms with E-state index in [1.54, 1.807) is 0 Å². The molecule has 4 atom stereocenters. The molecule has 0 aromatic rings. The van der Waals surface area contributed by atoms with Crippen molar-refractivity contribution in [2.45, 2.75) is 69.9 Å². The van der Waals surface area contributed by atoms with Gasteiger partial charge in [0.15, 0.2) is 0 Å². The van der Waals surface area contributed by atoms with Crippen molar-refractivity contribution in [3.05, 3.63) is 0 Å². The van der Waals surface area contributed by atoms with Crippen LogP contribution in [-0.2, 0) is 0 Å². The molecule has 2 heteroatoms. The maximum atomic E-state index is 2.90. The molecule has 0 unspecified atom stereocenters. The molecule has 0 saturated carbocycles. The number of hydrogen-bond donors (Lipinski definition) is 0. The molecule has 0 aromatic heterocycles. The largest absolute Gasteiger partial charge is 0.297 e. The molecule has 0 spiro atoms. The van der Waals surface area contributed by atoms with Crippen molar-refractivity contribution in [2.75, 3.05) is 26.2 Å². The third-order valence-electron chi connectivity index (χ3n) is 7.38. The Balaban J connectivity index is 1.66. The predicted molar refractivity (Wildman–Crippen MR) is 79.3 cm³/mol. The lowest BCUT2D eigenvalue weighted by Gasteiger charge is -2.65. The van der Waals surface area contributed by atoms with Crippen molar-refractivity contribution in [2.24, 2.45) is 11.8 Å². The highest BCUT2D eigenvalue weighted by molar-refractivity contribution is 5.11. The van der Waals surface area contributed by atoms with Crippen molar-refractivity contribution < 1.29 is 0 Å². The minimum atomic E-state index is 0.535. The lowest BCUT2D eigenvalue weighted by Crippen LogP contribution is -2.71. The summed E-state index contributed by atoms with van der Waals surface area (Å²) in [5, 5.41) is 0. The molecule has 0 amide bonds. The highest BCUT2D eigenvalue weighted by Gasteiger charge is 2.56. The van der Waals surface area contributed by atoms with Crippen LogP contribution in [0.2, 0.25) is 0 Å². The first-order valence-electron chi connectivity index (χ1n) is 8.63. The van der Waals surface area contributed by atoms with Crippen molar-refractivity contribution in [3.8, 4) is 0 Å². The van der Waals surface area contributed by atoms with Gasteiger partial charge >= 0.3 is 0 Å². The van der Waals surface area contributed by atoms with Gasteiger partial charge in [-0.15, -0.1) is 0 Å². The lowest BCUT2D eigenvalue weighted by molar-refractivity contribution is -0.149. The Hall–Kier alpha value is -0.0800. The van der Waals surface area contributed by atoms with Crippen LogP contribution in [0.15, 0.2) is 0 Å². The molecule has 2 bridgehead atoms. The van der Waals surface area contributed by atoms with Gasteiger partial charge < -0.3 is 0 Å². The number of nitrogens with zero attached hydrogens (tertiary/aromatic N) is 2. The zero-order valence-electron chi connectivity index (χ0n) is 12.8. The Bertz CT molecular complexity index is 334. The molecule has 4 rings (SSSR count). The van der Waals surface area contributed by atoms with E-state index in [-0.39, 0.29) is 0 Å². The van der Waals surface area contributed by atoms with E-state index >= 15 is 0 Å². The standard InChI is InChI=1S/C17H30N2/c1-16-7-3-5-9-18(16)13-15-11-14(16)12-19-10-6-4-8-17(15,19)2/h14-15H,3-13H2,1-2H3/t14-,15-,16-,17+/m1/s1. The Morgan fingerprint density at radius 1 is 0.737 bits per heavy atom. The molecule has 0 radical (unpaired) electrons. The number of piperidine rings is 4. The van der Waals surface area contributed by atoms with E-state index < -0.39 is 0 Å². The monoisotopic (exact) mass is 262 g/mol. The zero-order chi connectivity index (χ0) is 13.1. The minimum absolute atomic E-state index is 0.535. The van der Waals surface area contributed by atoms with Crippen LogP contribution >= 0.6 is 0 Å². The van der Waals surface area contributed by atoms with E-state index in [1.165, 1.54) is 71.1 Å². The lowest BCUT2D eigenvalue weighted by atomic mass is 9.60. The van der Waals surface area contributed by atoms with Gasteiger partial charge in [-0.25, -0.2) is 0 Å². The van der Waals surface area contributed by atoms with Crippen molar-refractivity contribution in [1.82, 2.24) is 9.80 Å². The SMILES string of the molecule is C[C@@]12CCCCN1C[C@H]1C[C@@H]2CN2CCCC[C@]12C. The summed E-state index contributed by atoms with van der Waals surface area (Å²) in [5.41, 5.74) is 1.07. The highest BCUT2D eigenvalue weighted by atomic mass is 15.3. The molecular formula is C17H30N2. The quantitative estimate of drug-likeness (QED) is 0.662. The molecule has 4 aliphatic heterocycles. The maximum absolute atomic E-state index is 2.90. The highest BCUT2D eigenvalue weighted by Crippen LogP contribution is 2.52. The van der Waals surface area contributed by atoms with Crippen LogP contribution in [0.4, 0.5) is 0 Å². The summed E-state index contributed by atoms with van der Waals surface area (Å²) in [6.07, 6.45) is 10.2. The normalized spacial score (nSPS) is 51.5. The third kappa shape index (κ3) is 1.68.